The number of rotatable bonds is 7. The van der Waals surface area contributed by atoms with Crippen LogP contribution in [0.1, 0.15) is 44.0 Å². The van der Waals surface area contributed by atoms with Crippen LogP contribution < -0.4 is 10.0 Å². The Labute approximate surface area is 177 Å². The molecule has 9 heteroatoms. The molecule has 0 atom stereocenters. The van der Waals surface area contributed by atoms with Crippen LogP contribution in [0.25, 0.3) is 0 Å². The number of hydrogen-bond acceptors (Lipinski definition) is 4. The van der Waals surface area contributed by atoms with E-state index < -0.39 is 20.6 Å². The molecule has 0 unspecified atom stereocenters. The molecular weight excluding hydrogens is 417 g/mol. The highest BCUT2D eigenvalue weighted by Gasteiger charge is 2.51. The molecule has 1 aliphatic carbocycles. The minimum atomic E-state index is -3.30. The second kappa shape index (κ2) is 8.13. The van der Waals surface area contributed by atoms with Gasteiger partial charge in [-0.15, -0.1) is 0 Å². The van der Waals surface area contributed by atoms with Crippen molar-refractivity contribution >= 4 is 27.5 Å². The van der Waals surface area contributed by atoms with Gasteiger partial charge in [0.05, 0.1) is 4.75 Å². The third-order valence-electron chi connectivity index (χ3n) is 5.76. The molecule has 0 aromatic heterocycles. The van der Waals surface area contributed by atoms with Crippen molar-refractivity contribution in [2.45, 2.75) is 38.4 Å². The third-order valence-corrected chi connectivity index (χ3v) is 8.18. The van der Waals surface area contributed by atoms with Gasteiger partial charge in [-0.3, -0.25) is 4.79 Å². The molecule has 1 saturated heterocycles. The summed E-state index contributed by atoms with van der Waals surface area (Å²) in [5, 5.41) is 3.07. The number of sulfonamides is 1. The lowest BCUT2D eigenvalue weighted by Crippen LogP contribution is -2.64. The first kappa shape index (κ1) is 22.5. The third kappa shape index (κ3) is 5.29. The van der Waals surface area contributed by atoms with Crippen molar-refractivity contribution in [1.29, 1.82) is 0 Å². The summed E-state index contributed by atoms with van der Waals surface area (Å²) in [4.78, 5) is 14.4. The van der Waals surface area contributed by atoms with Crippen LogP contribution in [0.5, 0.6) is 0 Å². The molecule has 1 aromatic carbocycles. The van der Waals surface area contributed by atoms with E-state index in [0.29, 0.717) is 31.0 Å². The van der Waals surface area contributed by atoms with Crippen LogP contribution in [-0.2, 0) is 10.0 Å². The van der Waals surface area contributed by atoms with Crippen LogP contribution in [0.4, 0.5) is 4.39 Å². The number of halogens is 2. The molecule has 29 heavy (non-hydrogen) atoms. The fraction of sp³-hybridized carbons (Fsp3) is 0.650. The van der Waals surface area contributed by atoms with Gasteiger partial charge in [0.25, 0.3) is 5.91 Å². The van der Waals surface area contributed by atoms with E-state index in [1.54, 1.807) is 20.8 Å². The molecule has 6 nitrogen and oxygen atoms in total. The van der Waals surface area contributed by atoms with E-state index in [2.05, 4.69) is 14.9 Å². The molecule has 0 radical (unpaired) electrons. The van der Waals surface area contributed by atoms with Gasteiger partial charge in [0.2, 0.25) is 10.0 Å². The Hall–Kier alpha value is -1.22. The zero-order chi connectivity index (χ0) is 21.4. The second-order valence-corrected chi connectivity index (χ2v) is 12.3. The summed E-state index contributed by atoms with van der Waals surface area (Å²) in [7, 11) is -3.30. The Morgan fingerprint density at radius 3 is 2.52 bits per heavy atom. The highest BCUT2D eigenvalue weighted by atomic mass is 35.5. The highest BCUT2D eigenvalue weighted by molar-refractivity contribution is 7.90. The lowest BCUT2D eigenvalue weighted by Gasteiger charge is -2.59. The summed E-state index contributed by atoms with van der Waals surface area (Å²) >= 11 is 5.79. The quantitative estimate of drug-likeness (QED) is 0.676. The molecule has 1 aromatic rings. The summed E-state index contributed by atoms with van der Waals surface area (Å²) in [5.41, 5.74) is 0.539. The molecule has 3 rings (SSSR count). The van der Waals surface area contributed by atoms with Crippen LogP contribution in [0, 0.1) is 17.2 Å². The lowest BCUT2D eigenvalue weighted by atomic mass is 9.57. The predicted octanol–water partition coefficient (Wildman–Crippen LogP) is 2.64. The molecular formula is C20H29ClFN3O3S. The SMILES string of the molecule is CC(C)(C)S(=O)(=O)NCCN1CC2(CC(CNC(=O)c3cc(F)cc(Cl)c3)C2)C1. The van der Waals surface area contributed by atoms with Crippen LogP contribution >= 0.6 is 11.6 Å². The smallest absolute Gasteiger partial charge is 0.251 e. The Morgan fingerprint density at radius 2 is 1.93 bits per heavy atom. The molecule has 2 aliphatic rings. The van der Waals surface area contributed by atoms with Gasteiger partial charge >= 0.3 is 0 Å². The minimum Gasteiger partial charge on any atom is -0.352 e. The molecule has 162 valence electrons. The van der Waals surface area contributed by atoms with Gasteiger partial charge in [-0.1, -0.05) is 11.6 Å². The minimum absolute atomic E-state index is 0.206. The molecule has 1 amide bonds. The van der Waals surface area contributed by atoms with Crippen LogP contribution in [-0.4, -0.2) is 56.7 Å². The van der Waals surface area contributed by atoms with E-state index in [0.717, 1.165) is 25.9 Å². The Morgan fingerprint density at radius 1 is 1.28 bits per heavy atom. The van der Waals surface area contributed by atoms with E-state index in [1.807, 2.05) is 0 Å². The average Bonchev–Trinajstić information content (AvgIpc) is 2.51. The number of amides is 1. The maximum Gasteiger partial charge on any atom is 0.251 e. The Balaban J connectivity index is 1.34. The number of carbonyl (C=O) groups excluding carboxylic acids is 1. The largest absolute Gasteiger partial charge is 0.352 e. The molecule has 1 spiro atoms. The summed E-state index contributed by atoms with van der Waals surface area (Å²) < 4.78 is 39.3. The lowest BCUT2D eigenvalue weighted by molar-refractivity contribution is -0.0912. The first-order valence-corrected chi connectivity index (χ1v) is 11.7. The van der Waals surface area contributed by atoms with Gasteiger partial charge in [0, 0.05) is 43.3 Å². The van der Waals surface area contributed by atoms with Crippen molar-refractivity contribution in [3.63, 3.8) is 0 Å². The van der Waals surface area contributed by atoms with Crippen molar-refractivity contribution in [2.24, 2.45) is 11.3 Å². The van der Waals surface area contributed by atoms with E-state index in [1.165, 1.54) is 18.2 Å². The molecule has 2 fully saturated rings. The average molecular weight is 446 g/mol. The standard InChI is InChI=1S/C20H29ClFN3O3S/c1-19(2,3)29(27,28)24-4-5-25-12-20(13-25)9-14(10-20)11-23-18(26)15-6-16(21)8-17(22)7-15/h6-8,14,24H,4-5,9-13H2,1-3H3,(H,23,26). The van der Waals surface area contributed by atoms with Crippen LogP contribution in [0.3, 0.4) is 0 Å². The number of likely N-dealkylation sites (tertiary alicyclic amines) is 1. The van der Waals surface area contributed by atoms with E-state index in [-0.39, 0.29) is 16.5 Å². The van der Waals surface area contributed by atoms with Gasteiger partial charge in [0.15, 0.2) is 0 Å². The molecule has 1 saturated carbocycles. The number of nitrogens with one attached hydrogen (secondary N) is 2. The fourth-order valence-electron chi connectivity index (χ4n) is 4.21. The monoisotopic (exact) mass is 445 g/mol. The fourth-order valence-corrected chi connectivity index (χ4v) is 5.22. The first-order chi connectivity index (χ1) is 13.4. The maximum atomic E-state index is 13.4. The van der Waals surface area contributed by atoms with Gasteiger partial charge in [-0.25, -0.2) is 17.5 Å². The summed E-state index contributed by atoms with van der Waals surface area (Å²) in [6, 6.07) is 3.81. The van der Waals surface area contributed by atoms with Crippen molar-refractivity contribution in [1.82, 2.24) is 14.9 Å². The number of carbonyl (C=O) groups is 1. The molecule has 1 heterocycles. The zero-order valence-corrected chi connectivity index (χ0v) is 18.7. The topological polar surface area (TPSA) is 78.5 Å². The number of nitrogens with zero attached hydrogens (tertiary/aromatic N) is 1. The zero-order valence-electron chi connectivity index (χ0n) is 17.1. The van der Waals surface area contributed by atoms with E-state index in [9.17, 15) is 17.6 Å². The van der Waals surface area contributed by atoms with Crippen LogP contribution in [0.15, 0.2) is 18.2 Å². The molecule has 1 aliphatic heterocycles. The number of hydrogen-bond donors (Lipinski definition) is 2. The van der Waals surface area contributed by atoms with Gasteiger partial charge in [-0.05, 0) is 63.1 Å². The normalized spacial score (nSPS) is 19.6. The van der Waals surface area contributed by atoms with Gasteiger partial charge < -0.3 is 10.2 Å². The van der Waals surface area contributed by atoms with Crippen molar-refractivity contribution in [2.75, 3.05) is 32.7 Å². The predicted molar refractivity (Wildman–Crippen MR) is 112 cm³/mol. The molecule has 2 N–H and O–H groups in total. The van der Waals surface area contributed by atoms with Gasteiger partial charge in [0.1, 0.15) is 5.82 Å². The van der Waals surface area contributed by atoms with Crippen molar-refractivity contribution in [3.05, 3.63) is 34.6 Å². The maximum absolute atomic E-state index is 13.4. The van der Waals surface area contributed by atoms with Crippen LogP contribution in [0.2, 0.25) is 5.02 Å². The van der Waals surface area contributed by atoms with Gasteiger partial charge in [-0.2, -0.15) is 0 Å². The van der Waals surface area contributed by atoms with E-state index >= 15 is 0 Å². The summed E-state index contributed by atoms with van der Waals surface area (Å²) in [5.74, 6) is -0.414. The highest BCUT2D eigenvalue weighted by Crippen LogP contribution is 2.51. The molecule has 0 bridgehead atoms. The summed E-state index contributed by atoms with van der Waals surface area (Å²) in [6.45, 7) is 8.69. The number of benzene rings is 1. The second-order valence-electron chi connectivity index (χ2n) is 9.36. The summed E-state index contributed by atoms with van der Waals surface area (Å²) in [6.07, 6.45) is 2.09. The Kier molecular flexibility index (Phi) is 6.30. The van der Waals surface area contributed by atoms with Crippen molar-refractivity contribution < 1.29 is 17.6 Å². The Bertz CT molecular complexity index is 851. The first-order valence-electron chi connectivity index (χ1n) is 9.85. The van der Waals surface area contributed by atoms with E-state index in [4.69, 9.17) is 11.6 Å². The van der Waals surface area contributed by atoms with Crippen molar-refractivity contribution in [3.8, 4) is 0 Å².